The number of unbranched alkanes of at least 4 members (excludes halogenated alkanes) is 1. The average molecular weight is 346 g/mol. The summed E-state index contributed by atoms with van der Waals surface area (Å²) in [5.41, 5.74) is 2.12. The number of aryl methyl sites for hydroxylation is 1. The molecule has 2 N–H and O–H groups in total. The van der Waals surface area contributed by atoms with Gasteiger partial charge in [0.15, 0.2) is 0 Å². The monoisotopic (exact) mass is 346 g/mol. The van der Waals surface area contributed by atoms with E-state index in [-0.39, 0.29) is 6.04 Å². The smallest absolute Gasteiger partial charge is 0.240 e. The van der Waals surface area contributed by atoms with Gasteiger partial charge in [-0.2, -0.15) is 0 Å². The van der Waals surface area contributed by atoms with Crippen molar-refractivity contribution in [1.29, 1.82) is 0 Å². The summed E-state index contributed by atoms with van der Waals surface area (Å²) in [4.78, 5) is 0.300. The Morgan fingerprint density at radius 3 is 2.29 bits per heavy atom. The number of rotatable bonds is 9. The summed E-state index contributed by atoms with van der Waals surface area (Å²) >= 11 is 0. The Hall–Kier alpha value is -1.69. The lowest BCUT2D eigenvalue weighted by atomic mass is 10.1. The Kier molecular flexibility index (Phi) is 6.97. The van der Waals surface area contributed by atoms with Gasteiger partial charge in [0.05, 0.1) is 4.90 Å². The lowest BCUT2D eigenvalue weighted by Crippen LogP contribution is -2.35. The summed E-state index contributed by atoms with van der Waals surface area (Å²) in [6.07, 6.45) is 2.16. The van der Waals surface area contributed by atoms with E-state index >= 15 is 0 Å². The van der Waals surface area contributed by atoms with E-state index in [2.05, 4.69) is 17.0 Å². The molecule has 0 spiro atoms. The van der Waals surface area contributed by atoms with Crippen LogP contribution in [0.25, 0.3) is 0 Å². The van der Waals surface area contributed by atoms with E-state index in [1.807, 2.05) is 49.4 Å². The third-order valence-electron chi connectivity index (χ3n) is 3.93. The molecule has 0 amide bonds. The minimum atomic E-state index is -3.50. The van der Waals surface area contributed by atoms with E-state index < -0.39 is 10.0 Å². The molecule has 24 heavy (non-hydrogen) atoms. The first-order valence-corrected chi connectivity index (χ1v) is 9.86. The quantitative estimate of drug-likeness (QED) is 0.684. The second-order valence-electron chi connectivity index (χ2n) is 5.94. The molecule has 2 aromatic rings. The van der Waals surface area contributed by atoms with Crippen molar-refractivity contribution in [2.24, 2.45) is 0 Å². The first-order valence-electron chi connectivity index (χ1n) is 8.37. The van der Waals surface area contributed by atoms with Crippen molar-refractivity contribution < 1.29 is 8.42 Å². The Bertz CT molecular complexity index is 713. The maximum absolute atomic E-state index is 12.5. The van der Waals surface area contributed by atoms with Gasteiger partial charge in [0.25, 0.3) is 0 Å². The molecule has 0 fully saturated rings. The lowest BCUT2D eigenvalue weighted by Gasteiger charge is -2.20. The van der Waals surface area contributed by atoms with Crippen LogP contribution in [-0.4, -0.2) is 21.5 Å². The molecule has 0 bridgehead atoms. The first-order chi connectivity index (χ1) is 11.5. The van der Waals surface area contributed by atoms with E-state index in [1.165, 1.54) is 0 Å². The van der Waals surface area contributed by atoms with Crippen LogP contribution in [0.1, 0.15) is 36.9 Å². The molecule has 0 aliphatic heterocycles. The van der Waals surface area contributed by atoms with E-state index in [9.17, 15) is 8.42 Å². The Balaban J connectivity index is 2.07. The number of hydrogen-bond acceptors (Lipinski definition) is 3. The standard InChI is InChI=1S/C19H26N2O2S/c1-3-4-14-20-19(17-8-6-5-7-9-17)15-21-24(22,23)18-12-10-16(2)11-13-18/h5-13,19-21H,3-4,14-15H2,1-2H3. The highest BCUT2D eigenvalue weighted by molar-refractivity contribution is 7.89. The van der Waals surface area contributed by atoms with E-state index in [0.29, 0.717) is 11.4 Å². The maximum Gasteiger partial charge on any atom is 0.240 e. The largest absolute Gasteiger partial charge is 0.309 e. The minimum Gasteiger partial charge on any atom is -0.309 e. The van der Waals surface area contributed by atoms with Crippen molar-refractivity contribution in [3.63, 3.8) is 0 Å². The van der Waals surface area contributed by atoms with Crippen LogP contribution in [0.15, 0.2) is 59.5 Å². The van der Waals surface area contributed by atoms with Gasteiger partial charge in [-0.05, 0) is 37.6 Å². The van der Waals surface area contributed by atoms with Crippen LogP contribution in [0, 0.1) is 6.92 Å². The first kappa shape index (κ1) is 18.6. The predicted molar refractivity (Wildman–Crippen MR) is 98.5 cm³/mol. The summed E-state index contributed by atoms with van der Waals surface area (Å²) < 4.78 is 27.7. The molecule has 4 nitrogen and oxygen atoms in total. The van der Waals surface area contributed by atoms with Crippen LogP contribution in [-0.2, 0) is 10.0 Å². The molecule has 130 valence electrons. The summed E-state index contributed by atoms with van der Waals surface area (Å²) in [7, 11) is -3.50. The van der Waals surface area contributed by atoms with Crippen LogP contribution in [0.5, 0.6) is 0 Å². The normalized spacial score (nSPS) is 12.9. The predicted octanol–water partition coefficient (Wildman–Crippen LogP) is 3.40. The second kappa shape index (κ2) is 8.97. The number of nitrogens with one attached hydrogen (secondary N) is 2. The highest BCUT2D eigenvalue weighted by atomic mass is 32.2. The van der Waals surface area contributed by atoms with E-state index in [0.717, 1.165) is 30.5 Å². The van der Waals surface area contributed by atoms with Crippen LogP contribution >= 0.6 is 0 Å². The van der Waals surface area contributed by atoms with Gasteiger partial charge in [-0.3, -0.25) is 0 Å². The molecule has 1 unspecified atom stereocenters. The highest BCUT2D eigenvalue weighted by Crippen LogP contribution is 2.14. The third-order valence-corrected chi connectivity index (χ3v) is 5.37. The highest BCUT2D eigenvalue weighted by Gasteiger charge is 2.17. The van der Waals surface area contributed by atoms with Crippen molar-refractivity contribution in [2.75, 3.05) is 13.1 Å². The SMILES string of the molecule is CCCCNC(CNS(=O)(=O)c1ccc(C)cc1)c1ccccc1. The fourth-order valence-electron chi connectivity index (χ4n) is 2.44. The van der Waals surface area contributed by atoms with Crippen molar-refractivity contribution >= 4 is 10.0 Å². The van der Waals surface area contributed by atoms with Crippen molar-refractivity contribution in [2.45, 2.75) is 37.6 Å². The van der Waals surface area contributed by atoms with Gasteiger partial charge in [-0.1, -0.05) is 61.4 Å². The molecule has 0 heterocycles. The molecule has 0 aromatic heterocycles. The number of hydrogen-bond donors (Lipinski definition) is 2. The Morgan fingerprint density at radius 1 is 1.00 bits per heavy atom. The molecular weight excluding hydrogens is 320 g/mol. The second-order valence-corrected chi connectivity index (χ2v) is 7.70. The molecule has 5 heteroatoms. The summed E-state index contributed by atoms with van der Waals surface area (Å²) in [6, 6.07) is 16.8. The van der Waals surface area contributed by atoms with Gasteiger partial charge in [0, 0.05) is 12.6 Å². The summed E-state index contributed by atoms with van der Waals surface area (Å²) in [6.45, 7) is 5.26. The van der Waals surface area contributed by atoms with Crippen LogP contribution in [0.4, 0.5) is 0 Å². The van der Waals surface area contributed by atoms with Gasteiger partial charge in [0.1, 0.15) is 0 Å². The molecule has 0 aliphatic rings. The van der Waals surface area contributed by atoms with E-state index in [4.69, 9.17) is 0 Å². The fraction of sp³-hybridized carbons (Fsp3) is 0.368. The molecule has 0 radical (unpaired) electrons. The Labute approximate surface area is 145 Å². The zero-order valence-corrected chi connectivity index (χ0v) is 15.1. The Morgan fingerprint density at radius 2 is 1.67 bits per heavy atom. The van der Waals surface area contributed by atoms with Gasteiger partial charge in [-0.15, -0.1) is 0 Å². The molecule has 0 saturated heterocycles. The summed E-state index contributed by atoms with van der Waals surface area (Å²) in [5.74, 6) is 0. The lowest BCUT2D eigenvalue weighted by molar-refractivity contribution is 0.504. The summed E-state index contributed by atoms with van der Waals surface area (Å²) in [5, 5.41) is 3.44. The molecule has 0 saturated carbocycles. The minimum absolute atomic E-state index is 0.0435. The van der Waals surface area contributed by atoms with Crippen molar-refractivity contribution in [1.82, 2.24) is 10.0 Å². The molecule has 2 rings (SSSR count). The topological polar surface area (TPSA) is 58.2 Å². The van der Waals surface area contributed by atoms with Crippen LogP contribution < -0.4 is 10.0 Å². The molecule has 0 aliphatic carbocycles. The van der Waals surface area contributed by atoms with Gasteiger partial charge in [-0.25, -0.2) is 13.1 Å². The maximum atomic E-state index is 12.5. The van der Waals surface area contributed by atoms with E-state index in [1.54, 1.807) is 12.1 Å². The molecule has 2 aromatic carbocycles. The third kappa shape index (κ3) is 5.44. The molecular formula is C19H26N2O2S. The van der Waals surface area contributed by atoms with Crippen molar-refractivity contribution in [3.05, 3.63) is 65.7 Å². The van der Waals surface area contributed by atoms with Crippen LogP contribution in [0.2, 0.25) is 0 Å². The van der Waals surface area contributed by atoms with Gasteiger partial charge >= 0.3 is 0 Å². The zero-order chi connectivity index (χ0) is 17.4. The van der Waals surface area contributed by atoms with Crippen molar-refractivity contribution in [3.8, 4) is 0 Å². The zero-order valence-electron chi connectivity index (χ0n) is 14.3. The fourth-order valence-corrected chi connectivity index (χ4v) is 3.49. The average Bonchev–Trinajstić information content (AvgIpc) is 2.59. The van der Waals surface area contributed by atoms with Crippen LogP contribution in [0.3, 0.4) is 0 Å². The van der Waals surface area contributed by atoms with Gasteiger partial charge < -0.3 is 5.32 Å². The number of sulfonamides is 1. The van der Waals surface area contributed by atoms with Gasteiger partial charge in [0.2, 0.25) is 10.0 Å². The number of benzene rings is 2. The molecule has 1 atom stereocenters.